The lowest BCUT2D eigenvalue weighted by atomic mass is 10.1. The molecule has 0 unspecified atom stereocenters. The number of nitrogens with zero attached hydrogens (tertiary/aromatic N) is 3. The van der Waals surface area contributed by atoms with E-state index in [-0.39, 0.29) is 21.6 Å². The van der Waals surface area contributed by atoms with Crippen LogP contribution in [-0.2, 0) is 10.0 Å². The van der Waals surface area contributed by atoms with Crippen molar-refractivity contribution in [1.82, 2.24) is 15.0 Å². The van der Waals surface area contributed by atoms with Crippen LogP contribution in [0.4, 0.5) is 16.0 Å². The summed E-state index contributed by atoms with van der Waals surface area (Å²) in [6.07, 6.45) is 1.50. The van der Waals surface area contributed by atoms with Crippen molar-refractivity contribution in [2.45, 2.75) is 11.8 Å². The maximum atomic E-state index is 14.7. The summed E-state index contributed by atoms with van der Waals surface area (Å²) in [5, 5.41) is 0.0423. The molecule has 0 spiro atoms. The molecule has 2 heterocycles. The third-order valence-electron chi connectivity index (χ3n) is 4.39. The van der Waals surface area contributed by atoms with Gasteiger partial charge in [0, 0.05) is 5.56 Å². The van der Waals surface area contributed by atoms with Crippen LogP contribution in [-0.4, -0.2) is 23.4 Å². The Balaban J connectivity index is 1.70. The minimum atomic E-state index is -4.05. The van der Waals surface area contributed by atoms with Crippen LogP contribution in [0.3, 0.4) is 0 Å². The van der Waals surface area contributed by atoms with E-state index in [4.69, 9.17) is 17.3 Å². The maximum absolute atomic E-state index is 14.7. The molecular formula is C20H15ClFN5O2S. The van der Waals surface area contributed by atoms with Crippen molar-refractivity contribution >= 4 is 44.3 Å². The second-order valence-corrected chi connectivity index (χ2v) is 8.58. The fourth-order valence-corrected chi connectivity index (χ4v) is 4.55. The van der Waals surface area contributed by atoms with E-state index in [1.807, 2.05) is 6.92 Å². The van der Waals surface area contributed by atoms with Gasteiger partial charge in [0.25, 0.3) is 10.0 Å². The fourth-order valence-electron chi connectivity index (χ4n) is 2.96. The number of benzene rings is 2. The number of aryl methyl sites for hydroxylation is 1. The third-order valence-corrected chi connectivity index (χ3v) is 6.26. The van der Waals surface area contributed by atoms with Crippen LogP contribution in [0, 0.1) is 12.7 Å². The highest BCUT2D eigenvalue weighted by Gasteiger charge is 2.19. The molecule has 7 nitrogen and oxygen atoms in total. The maximum Gasteiger partial charge on any atom is 0.263 e. The van der Waals surface area contributed by atoms with E-state index in [0.717, 1.165) is 5.56 Å². The molecule has 0 atom stereocenters. The van der Waals surface area contributed by atoms with Crippen molar-refractivity contribution in [1.29, 1.82) is 0 Å². The fraction of sp³-hybridized carbons (Fsp3) is 0.0500. The van der Waals surface area contributed by atoms with Gasteiger partial charge in [0.1, 0.15) is 16.2 Å². The minimum absolute atomic E-state index is 0.0423. The highest BCUT2D eigenvalue weighted by Crippen LogP contribution is 2.29. The molecule has 0 aliphatic heterocycles. The van der Waals surface area contributed by atoms with Crippen LogP contribution >= 0.6 is 11.6 Å². The summed E-state index contributed by atoms with van der Waals surface area (Å²) in [5.74, 6) is -0.613. The van der Waals surface area contributed by atoms with E-state index in [1.165, 1.54) is 36.5 Å². The summed E-state index contributed by atoms with van der Waals surface area (Å²) in [5.41, 5.74) is 8.30. The molecule has 4 aromatic rings. The number of halogens is 2. The Bertz CT molecular complexity index is 1400. The molecule has 2 aromatic carbocycles. The van der Waals surface area contributed by atoms with Crippen LogP contribution in [0.1, 0.15) is 5.56 Å². The quantitative estimate of drug-likeness (QED) is 0.489. The van der Waals surface area contributed by atoms with E-state index in [1.54, 1.807) is 18.2 Å². The SMILES string of the molecule is Cc1cc(-c2ccc(NS(=O)(=O)c3ccccc3Cl)c(F)c2)nc2cnc(N)nc12. The van der Waals surface area contributed by atoms with E-state index in [2.05, 4.69) is 19.7 Å². The molecule has 0 radical (unpaired) electrons. The monoisotopic (exact) mass is 443 g/mol. The summed E-state index contributed by atoms with van der Waals surface area (Å²) in [6, 6.07) is 11.8. The number of nitrogens with two attached hydrogens (primary N) is 1. The summed E-state index contributed by atoms with van der Waals surface area (Å²) >= 11 is 5.95. The summed E-state index contributed by atoms with van der Waals surface area (Å²) in [4.78, 5) is 12.4. The molecular weight excluding hydrogens is 429 g/mol. The largest absolute Gasteiger partial charge is 0.368 e. The highest BCUT2D eigenvalue weighted by atomic mass is 35.5. The van der Waals surface area contributed by atoms with Crippen LogP contribution in [0.15, 0.2) is 59.6 Å². The topological polar surface area (TPSA) is 111 Å². The number of hydrogen-bond acceptors (Lipinski definition) is 6. The minimum Gasteiger partial charge on any atom is -0.368 e. The summed E-state index contributed by atoms with van der Waals surface area (Å²) in [6.45, 7) is 1.84. The van der Waals surface area contributed by atoms with E-state index >= 15 is 0 Å². The van der Waals surface area contributed by atoms with Gasteiger partial charge in [-0.05, 0) is 42.8 Å². The number of fused-ring (bicyclic) bond motifs is 1. The predicted octanol–water partition coefficient (Wildman–Crippen LogP) is 4.18. The van der Waals surface area contributed by atoms with Gasteiger partial charge in [-0.1, -0.05) is 29.8 Å². The zero-order chi connectivity index (χ0) is 21.5. The Hall–Kier alpha value is -3.30. The van der Waals surface area contributed by atoms with Crippen molar-refractivity contribution in [2.75, 3.05) is 10.5 Å². The van der Waals surface area contributed by atoms with Gasteiger partial charge in [0.05, 0.1) is 28.1 Å². The molecule has 10 heteroatoms. The van der Waals surface area contributed by atoms with Gasteiger partial charge in [-0.2, -0.15) is 0 Å². The Labute approximate surface area is 176 Å². The first kappa shape index (κ1) is 20.0. The zero-order valence-electron chi connectivity index (χ0n) is 15.6. The highest BCUT2D eigenvalue weighted by molar-refractivity contribution is 7.92. The zero-order valence-corrected chi connectivity index (χ0v) is 17.2. The van der Waals surface area contributed by atoms with Crippen LogP contribution in [0.2, 0.25) is 5.02 Å². The van der Waals surface area contributed by atoms with Crippen molar-refractivity contribution in [3.8, 4) is 11.3 Å². The second kappa shape index (κ2) is 7.51. The van der Waals surface area contributed by atoms with Crippen molar-refractivity contribution < 1.29 is 12.8 Å². The number of aromatic nitrogens is 3. The Morgan fingerprint density at radius 1 is 1.10 bits per heavy atom. The number of hydrogen-bond donors (Lipinski definition) is 2. The Morgan fingerprint density at radius 3 is 2.60 bits per heavy atom. The number of nitrogens with one attached hydrogen (secondary N) is 1. The molecule has 0 amide bonds. The molecule has 3 N–H and O–H groups in total. The Morgan fingerprint density at radius 2 is 1.87 bits per heavy atom. The first-order chi connectivity index (χ1) is 14.2. The molecule has 30 heavy (non-hydrogen) atoms. The normalized spacial score (nSPS) is 11.6. The lowest BCUT2D eigenvalue weighted by molar-refractivity contribution is 0.598. The molecule has 152 valence electrons. The molecule has 2 aromatic heterocycles. The lowest BCUT2D eigenvalue weighted by Crippen LogP contribution is -2.14. The van der Waals surface area contributed by atoms with E-state index < -0.39 is 15.8 Å². The first-order valence-electron chi connectivity index (χ1n) is 8.72. The molecule has 0 saturated heterocycles. The van der Waals surface area contributed by atoms with Gasteiger partial charge < -0.3 is 5.73 Å². The van der Waals surface area contributed by atoms with Crippen molar-refractivity contribution in [3.63, 3.8) is 0 Å². The summed E-state index contributed by atoms with van der Waals surface area (Å²) < 4.78 is 42.0. The van der Waals surface area contributed by atoms with Gasteiger partial charge in [-0.25, -0.2) is 27.8 Å². The third kappa shape index (κ3) is 3.77. The van der Waals surface area contributed by atoms with Crippen molar-refractivity contribution in [2.24, 2.45) is 0 Å². The van der Waals surface area contributed by atoms with Gasteiger partial charge >= 0.3 is 0 Å². The number of pyridine rings is 1. The van der Waals surface area contributed by atoms with Gasteiger partial charge in [-0.3, -0.25) is 4.72 Å². The van der Waals surface area contributed by atoms with Crippen molar-refractivity contribution in [3.05, 3.63) is 71.1 Å². The number of rotatable bonds is 4. The molecule has 0 fully saturated rings. The standard InChI is InChI=1S/C20H15ClFN5O2S/c1-11-8-16(25-17-10-24-20(23)26-19(11)17)12-6-7-15(14(22)9-12)27-30(28,29)18-5-3-2-4-13(18)21/h2-10,27H,1H3,(H2,23,24,26). The van der Waals surface area contributed by atoms with Crippen LogP contribution < -0.4 is 10.5 Å². The Kier molecular flexibility index (Phi) is 5.00. The first-order valence-corrected chi connectivity index (χ1v) is 10.6. The average molecular weight is 444 g/mol. The average Bonchev–Trinajstić information content (AvgIpc) is 2.70. The second-order valence-electron chi connectivity index (χ2n) is 6.52. The predicted molar refractivity (Wildman–Crippen MR) is 114 cm³/mol. The van der Waals surface area contributed by atoms with E-state index in [9.17, 15) is 12.8 Å². The molecule has 0 saturated carbocycles. The lowest BCUT2D eigenvalue weighted by Gasteiger charge is -2.12. The van der Waals surface area contributed by atoms with Crippen LogP contribution in [0.5, 0.6) is 0 Å². The van der Waals surface area contributed by atoms with Crippen LogP contribution in [0.25, 0.3) is 22.3 Å². The number of anilines is 2. The molecule has 0 aliphatic rings. The number of sulfonamides is 1. The molecule has 0 aliphatic carbocycles. The summed E-state index contributed by atoms with van der Waals surface area (Å²) in [7, 11) is -4.05. The molecule has 4 rings (SSSR count). The molecule has 0 bridgehead atoms. The smallest absolute Gasteiger partial charge is 0.263 e. The van der Waals surface area contributed by atoms with E-state index in [0.29, 0.717) is 22.3 Å². The van der Waals surface area contributed by atoms with Gasteiger partial charge in [-0.15, -0.1) is 0 Å². The van der Waals surface area contributed by atoms with Gasteiger partial charge in [0.2, 0.25) is 5.95 Å². The number of nitrogen functional groups attached to an aromatic ring is 1. The van der Waals surface area contributed by atoms with Gasteiger partial charge in [0.15, 0.2) is 0 Å².